The Morgan fingerprint density at radius 1 is 2.00 bits per heavy atom. The van der Waals surface area contributed by atoms with Crippen LogP contribution in [0, 0.1) is 7.05 Å². The second-order valence-corrected chi connectivity index (χ2v) is 1.04. The largest absolute Gasteiger partial charge is 0.351 e. The van der Waals surface area contributed by atoms with E-state index in [1.807, 2.05) is 0 Å². The molecule has 0 saturated carbocycles. The lowest BCUT2D eigenvalue weighted by atomic mass is 10.9. The minimum Gasteiger partial charge on any atom is -0.351 e. The third-order valence-corrected chi connectivity index (χ3v) is 0.376. The number of primary amides is 1. The quantitative estimate of drug-likeness (QED) is 0.436. The van der Waals surface area contributed by atoms with Gasteiger partial charge in [-0.2, -0.15) is 0 Å². The van der Waals surface area contributed by atoms with Crippen LogP contribution >= 0.6 is 0 Å². The molecule has 0 rings (SSSR count). The Morgan fingerprint density at radius 2 is 2.17 bits per heavy atom. The monoisotopic (exact) mass is 87.1 g/mol. The van der Waals surface area contributed by atoms with E-state index in [1.54, 1.807) is 0 Å². The van der Waals surface area contributed by atoms with Crippen LogP contribution in [0.3, 0.4) is 0 Å². The number of rotatable bonds is 0. The van der Waals surface area contributed by atoms with Crippen molar-refractivity contribution in [3.63, 3.8) is 0 Å². The number of urea groups is 1. The Labute approximate surface area is 36.7 Å². The van der Waals surface area contributed by atoms with Gasteiger partial charge >= 0.3 is 6.03 Å². The molecule has 0 fully saturated rings. The van der Waals surface area contributed by atoms with E-state index < -0.39 is 6.03 Å². The molecule has 3 heteroatoms. The van der Waals surface area contributed by atoms with Gasteiger partial charge in [0.1, 0.15) is 0 Å². The van der Waals surface area contributed by atoms with Crippen LogP contribution < -0.4 is 5.73 Å². The summed E-state index contributed by atoms with van der Waals surface area (Å²) in [7, 11) is 4.69. The van der Waals surface area contributed by atoms with Crippen LogP contribution in [-0.4, -0.2) is 18.0 Å². The fourth-order valence-corrected chi connectivity index (χ4v) is 0. The van der Waals surface area contributed by atoms with Gasteiger partial charge in [0.05, 0.1) is 0 Å². The second-order valence-electron chi connectivity index (χ2n) is 1.04. The molecule has 3 nitrogen and oxygen atoms in total. The first-order valence-corrected chi connectivity index (χ1v) is 1.48. The third kappa shape index (κ3) is 1.58. The first-order valence-electron chi connectivity index (χ1n) is 1.48. The van der Waals surface area contributed by atoms with Crippen molar-refractivity contribution in [1.29, 1.82) is 0 Å². The Kier molecular flexibility index (Phi) is 1.44. The van der Waals surface area contributed by atoms with Gasteiger partial charge in [-0.15, -0.1) is 0 Å². The third-order valence-electron chi connectivity index (χ3n) is 0.376. The van der Waals surface area contributed by atoms with Crippen molar-refractivity contribution >= 4 is 6.03 Å². The average molecular weight is 87.1 g/mol. The molecule has 0 aromatic rings. The molecule has 35 valence electrons. The molecule has 0 bridgehead atoms. The highest BCUT2D eigenvalue weighted by Crippen LogP contribution is 1.69. The Bertz CT molecular complexity index is 59.8. The first kappa shape index (κ1) is 5.27. The molecule has 0 aliphatic carbocycles. The van der Waals surface area contributed by atoms with Gasteiger partial charge in [-0.05, 0) is 0 Å². The molecule has 2 N–H and O–H groups in total. The lowest BCUT2D eigenvalue weighted by Gasteiger charge is -2.01. The van der Waals surface area contributed by atoms with Gasteiger partial charge in [-0.1, -0.05) is 0 Å². The summed E-state index contributed by atoms with van der Waals surface area (Å²) in [6.07, 6.45) is 0. The van der Waals surface area contributed by atoms with Crippen molar-refractivity contribution in [3.05, 3.63) is 7.05 Å². The minimum absolute atomic E-state index is 0.519. The van der Waals surface area contributed by atoms with Crippen molar-refractivity contribution in [2.24, 2.45) is 5.73 Å². The number of amides is 2. The lowest BCUT2D eigenvalue weighted by Crippen LogP contribution is -2.25. The molecule has 0 aromatic carbocycles. The zero-order valence-electron chi connectivity index (χ0n) is 3.64. The molecule has 0 aromatic heterocycles. The Morgan fingerprint density at radius 3 is 2.17 bits per heavy atom. The molecule has 1 radical (unpaired) electrons. The van der Waals surface area contributed by atoms with Crippen molar-refractivity contribution in [2.45, 2.75) is 0 Å². The SMILES string of the molecule is [CH2]N(C)C(N)=O. The van der Waals surface area contributed by atoms with E-state index in [-0.39, 0.29) is 0 Å². The highest BCUT2D eigenvalue weighted by atomic mass is 16.2. The summed E-state index contributed by atoms with van der Waals surface area (Å²) in [4.78, 5) is 10.8. The van der Waals surface area contributed by atoms with Gasteiger partial charge in [0.25, 0.3) is 0 Å². The Balaban J connectivity index is 3.26. The van der Waals surface area contributed by atoms with Crippen LogP contribution in [0.15, 0.2) is 0 Å². The topological polar surface area (TPSA) is 46.3 Å². The number of hydrogen-bond donors (Lipinski definition) is 1. The summed E-state index contributed by atoms with van der Waals surface area (Å²) in [5.74, 6) is 0. The molecular weight excluding hydrogens is 80.0 g/mol. The maximum Gasteiger partial charge on any atom is 0.314 e. The molecule has 6 heavy (non-hydrogen) atoms. The Hall–Kier alpha value is -0.730. The summed E-state index contributed by atoms with van der Waals surface area (Å²) in [6, 6.07) is -0.519. The van der Waals surface area contributed by atoms with E-state index in [2.05, 4.69) is 12.8 Å². The van der Waals surface area contributed by atoms with Gasteiger partial charge in [-0.3, -0.25) is 0 Å². The molecule has 0 heterocycles. The van der Waals surface area contributed by atoms with Crippen molar-refractivity contribution in [3.8, 4) is 0 Å². The van der Waals surface area contributed by atoms with E-state index in [9.17, 15) is 4.79 Å². The van der Waals surface area contributed by atoms with E-state index in [4.69, 9.17) is 0 Å². The standard InChI is InChI=1S/C3H7N2O/c1-5(2)3(4)6/h1H2,2H3,(H2,4,6). The normalized spacial score (nSPS) is 7.67. The predicted molar refractivity (Wildman–Crippen MR) is 22.7 cm³/mol. The van der Waals surface area contributed by atoms with Crippen LogP contribution in [-0.2, 0) is 0 Å². The van der Waals surface area contributed by atoms with Crippen LogP contribution in [0.25, 0.3) is 0 Å². The van der Waals surface area contributed by atoms with Crippen LogP contribution in [0.1, 0.15) is 0 Å². The number of nitrogens with zero attached hydrogens (tertiary/aromatic N) is 1. The zero-order valence-corrected chi connectivity index (χ0v) is 3.64. The zero-order chi connectivity index (χ0) is 5.15. The maximum absolute atomic E-state index is 9.78. The summed E-state index contributed by atoms with van der Waals surface area (Å²) in [5.41, 5.74) is 4.66. The van der Waals surface area contributed by atoms with Crippen molar-refractivity contribution in [2.75, 3.05) is 7.05 Å². The smallest absolute Gasteiger partial charge is 0.314 e. The minimum atomic E-state index is -0.519. The van der Waals surface area contributed by atoms with Gasteiger partial charge in [0, 0.05) is 14.1 Å². The van der Waals surface area contributed by atoms with Gasteiger partial charge in [0.2, 0.25) is 0 Å². The van der Waals surface area contributed by atoms with Crippen molar-refractivity contribution < 1.29 is 4.79 Å². The molecule has 0 aliphatic heterocycles. The number of carbonyl (C=O) groups excluding carboxylic acids is 1. The predicted octanol–water partition coefficient (Wildman–Crippen LogP) is -0.212. The molecular formula is C3H7N2O. The summed E-state index contributed by atoms with van der Waals surface area (Å²) >= 11 is 0. The average Bonchev–Trinajstić information content (AvgIpc) is 1.36. The molecule has 0 spiro atoms. The highest BCUT2D eigenvalue weighted by molar-refractivity contribution is 5.71. The number of nitrogens with two attached hydrogens (primary N) is 1. The van der Waals surface area contributed by atoms with E-state index in [0.29, 0.717) is 0 Å². The lowest BCUT2D eigenvalue weighted by molar-refractivity contribution is 0.231. The van der Waals surface area contributed by atoms with Crippen LogP contribution in [0.2, 0.25) is 0 Å². The van der Waals surface area contributed by atoms with E-state index >= 15 is 0 Å². The molecule has 0 saturated heterocycles. The number of hydrogen-bond acceptors (Lipinski definition) is 1. The molecule has 2 amide bonds. The van der Waals surface area contributed by atoms with E-state index in [0.717, 1.165) is 4.90 Å². The fourth-order valence-electron chi connectivity index (χ4n) is 0. The molecule has 0 unspecified atom stereocenters. The second kappa shape index (κ2) is 1.64. The van der Waals surface area contributed by atoms with Crippen LogP contribution in [0.4, 0.5) is 4.79 Å². The van der Waals surface area contributed by atoms with Gasteiger partial charge < -0.3 is 10.6 Å². The summed E-state index contributed by atoms with van der Waals surface area (Å²) in [6.45, 7) is 0. The van der Waals surface area contributed by atoms with Crippen LogP contribution in [0.5, 0.6) is 0 Å². The number of carbonyl (C=O) groups is 1. The molecule has 0 atom stereocenters. The maximum atomic E-state index is 9.78. The van der Waals surface area contributed by atoms with Crippen molar-refractivity contribution in [1.82, 2.24) is 4.90 Å². The first-order chi connectivity index (χ1) is 2.64. The van der Waals surface area contributed by atoms with E-state index in [1.165, 1.54) is 7.05 Å². The summed E-state index contributed by atoms with van der Waals surface area (Å²) < 4.78 is 0. The van der Waals surface area contributed by atoms with Gasteiger partial charge in [-0.25, -0.2) is 4.79 Å². The highest BCUT2D eigenvalue weighted by Gasteiger charge is 1.88. The molecule has 0 aliphatic rings. The fraction of sp³-hybridized carbons (Fsp3) is 0.333. The van der Waals surface area contributed by atoms with Gasteiger partial charge in [0.15, 0.2) is 0 Å². The summed E-state index contributed by atoms with van der Waals surface area (Å²) in [5, 5.41) is 0.